The first kappa shape index (κ1) is 11.2. The van der Waals surface area contributed by atoms with Crippen LogP contribution in [-0.4, -0.2) is 40.0 Å². The van der Waals surface area contributed by atoms with Gasteiger partial charge in [0.05, 0.1) is 42.2 Å². The van der Waals surface area contributed by atoms with Gasteiger partial charge in [-0.1, -0.05) is 0 Å². The Balaban J connectivity index is 2.11. The summed E-state index contributed by atoms with van der Waals surface area (Å²) in [5, 5.41) is 8.96. The Kier molecular flexibility index (Phi) is 2.52. The topological polar surface area (TPSA) is 64.3 Å². The van der Waals surface area contributed by atoms with E-state index in [0.717, 1.165) is 0 Å². The number of carboxylic acids is 1. The quantitative estimate of drug-likeness (QED) is 0.880. The van der Waals surface area contributed by atoms with Crippen LogP contribution >= 0.6 is 0 Å². The molecule has 0 radical (unpaired) electrons. The van der Waals surface area contributed by atoms with Gasteiger partial charge < -0.3 is 14.4 Å². The van der Waals surface area contributed by atoms with Gasteiger partial charge in [0.1, 0.15) is 6.17 Å². The minimum Gasteiger partial charge on any atom is -0.478 e. The highest BCUT2D eigenvalue weighted by Crippen LogP contribution is 2.27. The second kappa shape index (κ2) is 4.06. The third kappa shape index (κ3) is 1.65. The van der Waals surface area contributed by atoms with Crippen molar-refractivity contribution in [1.29, 1.82) is 0 Å². The van der Waals surface area contributed by atoms with Gasteiger partial charge in [0, 0.05) is 0 Å². The van der Waals surface area contributed by atoms with Crippen molar-refractivity contribution in [1.82, 2.24) is 9.55 Å². The molecule has 1 fully saturated rings. The first-order chi connectivity index (χ1) is 8.66. The van der Waals surface area contributed by atoms with Crippen molar-refractivity contribution in [3.05, 3.63) is 30.1 Å². The number of nitrogens with zero attached hydrogens (tertiary/aromatic N) is 2. The van der Waals surface area contributed by atoms with Gasteiger partial charge >= 0.3 is 5.97 Å². The summed E-state index contributed by atoms with van der Waals surface area (Å²) < 4.78 is 20.4. The van der Waals surface area contributed by atoms with E-state index in [1.165, 1.54) is 18.5 Å². The van der Waals surface area contributed by atoms with Crippen molar-refractivity contribution < 1.29 is 19.0 Å². The predicted octanol–water partition coefficient (Wildman–Crippen LogP) is 1.64. The van der Waals surface area contributed by atoms with Crippen molar-refractivity contribution >= 4 is 17.0 Å². The Morgan fingerprint density at radius 2 is 2.33 bits per heavy atom. The van der Waals surface area contributed by atoms with Crippen molar-refractivity contribution in [2.45, 2.75) is 12.2 Å². The van der Waals surface area contributed by atoms with Crippen molar-refractivity contribution in [2.24, 2.45) is 0 Å². The molecule has 2 atom stereocenters. The van der Waals surface area contributed by atoms with Crippen LogP contribution in [-0.2, 0) is 4.74 Å². The average Bonchev–Trinajstić information content (AvgIpc) is 2.93. The first-order valence-electron chi connectivity index (χ1n) is 5.58. The SMILES string of the molecule is O=C(O)c1ccc2ncn([C@@H]3COC[C@H]3F)c2c1. The van der Waals surface area contributed by atoms with Gasteiger partial charge in [0.15, 0.2) is 0 Å². The molecular weight excluding hydrogens is 239 g/mol. The molecule has 2 heterocycles. The molecule has 0 aliphatic carbocycles. The maximum absolute atomic E-state index is 13.6. The van der Waals surface area contributed by atoms with Crippen LogP contribution in [0.2, 0.25) is 0 Å². The van der Waals surface area contributed by atoms with Gasteiger partial charge in [-0.15, -0.1) is 0 Å². The lowest BCUT2D eigenvalue weighted by molar-refractivity contribution is 0.0697. The number of imidazole rings is 1. The molecule has 1 aromatic heterocycles. The second-order valence-electron chi connectivity index (χ2n) is 4.28. The zero-order chi connectivity index (χ0) is 12.7. The lowest BCUT2D eigenvalue weighted by atomic mass is 10.1. The standard InChI is InChI=1S/C12H11FN2O3/c13-8-4-18-5-11(8)15-6-14-9-2-1-7(12(16)17)3-10(9)15/h1-3,6,8,11H,4-5H2,(H,16,17)/t8-,11-/m1/s1. The van der Waals surface area contributed by atoms with E-state index >= 15 is 0 Å². The number of fused-ring (bicyclic) bond motifs is 1. The smallest absolute Gasteiger partial charge is 0.335 e. The van der Waals surface area contributed by atoms with Gasteiger partial charge in [-0.2, -0.15) is 0 Å². The monoisotopic (exact) mass is 250 g/mol. The van der Waals surface area contributed by atoms with Crippen LogP contribution in [0.1, 0.15) is 16.4 Å². The summed E-state index contributed by atoms with van der Waals surface area (Å²) in [5.74, 6) is -1.01. The molecule has 1 aliphatic rings. The number of alkyl halides is 1. The van der Waals surface area contributed by atoms with Crippen molar-refractivity contribution in [3.8, 4) is 0 Å². The summed E-state index contributed by atoms with van der Waals surface area (Å²) in [5.41, 5.74) is 1.44. The van der Waals surface area contributed by atoms with Crippen molar-refractivity contribution in [2.75, 3.05) is 13.2 Å². The van der Waals surface area contributed by atoms with E-state index in [2.05, 4.69) is 4.98 Å². The van der Waals surface area contributed by atoms with E-state index in [-0.39, 0.29) is 18.8 Å². The largest absolute Gasteiger partial charge is 0.478 e. The molecule has 2 aromatic rings. The van der Waals surface area contributed by atoms with Gasteiger partial charge in [-0.3, -0.25) is 0 Å². The molecule has 0 spiro atoms. The highest BCUT2D eigenvalue weighted by molar-refractivity contribution is 5.92. The Labute approximate surface area is 102 Å². The molecule has 1 saturated heterocycles. The lowest BCUT2D eigenvalue weighted by Crippen LogP contribution is -2.17. The van der Waals surface area contributed by atoms with Crippen LogP contribution in [0.5, 0.6) is 0 Å². The molecule has 6 heteroatoms. The minimum absolute atomic E-state index is 0.0724. The van der Waals surface area contributed by atoms with E-state index in [1.807, 2.05) is 0 Å². The van der Waals surface area contributed by atoms with Crippen LogP contribution in [0.15, 0.2) is 24.5 Å². The third-order valence-electron chi connectivity index (χ3n) is 3.16. The predicted molar refractivity (Wildman–Crippen MR) is 61.4 cm³/mol. The Morgan fingerprint density at radius 3 is 3.00 bits per heavy atom. The van der Waals surface area contributed by atoms with E-state index in [9.17, 15) is 9.18 Å². The third-order valence-corrected chi connectivity index (χ3v) is 3.16. The molecule has 18 heavy (non-hydrogen) atoms. The van der Waals surface area contributed by atoms with Crippen LogP contribution in [0.3, 0.4) is 0 Å². The molecule has 1 N–H and O–H groups in total. The number of aromatic carboxylic acids is 1. The molecule has 0 bridgehead atoms. The number of benzene rings is 1. The Hall–Kier alpha value is -1.95. The molecule has 94 valence electrons. The normalized spacial score (nSPS) is 23.6. The number of carboxylic acid groups (broad SMARTS) is 1. The van der Waals surface area contributed by atoms with E-state index in [1.54, 1.807) is 10.6 Å². The van der Waals surface area contributed by atoms with Crippen LogP contribution in [0.4, 0.5) is 4.39 Å². The van der Waals surface area contributed by atoms with Gasteiger partial charge in [0.25, 0.3) is 0 Å². The van der Waals surface area contributed by atoms with E-state index in [0.29, 0.717) is 11.0 Å². The fourth-order valence-corrected chi connectivity index (χ4v) is 2.19. The maximum atomic E-state index is 13.6. The Morgan fingerprint density at radius 1 is 1.50 bits per heavy atom. The summed E-state index contributed by atoms with van der Waals surface area (Å²) in [4.78, 5) is 15.1. The molecule has 0 amide bonds. The number of carbonyl (C=O) groups is 1. The van der Waals surface area contributed by atoms with E-state index < -0.39 is 18.2 Å². The molecular formula is C12H11FN2O3. The zero-order valence-electron chi connectivity index (χ0n) is 9.41. The zero-order valence-corrected chi connectivity index (χ0v) is 9.41. The van der Waals surface area contributed by atoms with Gasteiger partial charge in [0.2, 0.25) is 0 Å². The summed E-state index contributed by atoms with van der Waals surface area (Å²) in [7, 11) is 0. The average molecular weight is 250 g/mol. The van der Waals surface area contributed by atoms with Gasteiger partial charge in [-0.05, 0) is 18.2 Å². The molecule has 3 rings (SSSR count). The van der Waals surface area contributed by atoms with Crippen LogP contribution in [0.25, 0.3) is 11.0 Å². The summed E-state index contributed by atoms with van der Waals surface area (Å²) in [6.07, 6.45) is 0.443. The fourth-order valence-electron chi connectivity index (χ4n) is 2.19. The number of aromatic nitrogens is 2. The van der Waals surface area contributed by atoms with Gasteiger partial charge in [-0.25, -0.2) is 14.2 Å². The highest BCUT2D eigenvalue weighted by atomic mass is 19.1. The minimum atomic E-state index is -1.09. The van der Waals surface area contributed by atoms with Crippen LogP contribution < -0.4 is 0 Å². The number of ether oxygens (including phenoxy) is 1. The maximum Gasteiger partial charge on any atom is 0.335 e. The molecule has 5 nitrogen and oxygen atoms in total. The number of hydrogen-bond donors (Lipinski definition) is 1. The molecule has 1 aliphatic heterocycles. The number of rotatable bonds is 2. The molecule has 0 saturated carbocycles. The molecule has 1 aromatic carbocycles. The second-order valence-corrected chi connectivity index (χ2v) is 4.28. The summed E-state index contributed by atoms with van der Waals surface area (Å²) in [6.45, 7) is 0.354. The van der Waals surface area contributed by atoms with Crippen molar-refractivity contribution in [3.63, 3.8) is 0 Å². The Bertz CT molecular complexity index is 610. The summed E-state index contributed by atoms with van der Waals surface area (Å²) >= 11 is 0. The first-order valence-corrected chi connectivity index (χ1v) is 5.58. The lowest BCUT2D eigenvalue weighted by Gasteiger charge is -2.13. The highest BCUT2D eigenvalue weighted by Gasteiger charge is 2.30. The van der Waals surface area contributed by atoms with E-state index in [4.69, 9.17) is 9.84 Å². The number of hydrogen-bond acceptors (Lipinski definition) is 3. The fraction of sp³-hybridized carbons (Fsp3) is 0.333. The number of halogens is 1. The molecule has 0 unspecified atom stereocenters. The van der Waals surface area contributed by atoms with Crippen LogP contribution in [0, 0.1) is 0 Å². The summed E-state index contributed by atoms with van der Waals surface area (Å²) in [6, 6.07) is 4.19.